The molecular weight excluding hydrogens is 414 g/mol. The summed E-state index contributed by atoms with van der Waals surface area (Å²) in [5.74, 6) is -1.87. The molecule has 3 aromatic rings. The van der Waals surface area contributed by atoms with Crippen LogP contribution in [0.2, 0.25) is 0 Å². The van der Waals surface area contributed by atoms with E-state index in [-0.39, 0.29) is 30.3 Å². The third-order valence-electron chi connectivity index (χ3n) is 4.96. The molecule has 0 fully saturated rings. The molecule has 2 heterocycles. The summed E-state index contributed by atoms with van der Waals surface area (Å²) in [5.41, 5.74) is 1.77. The van der Waals surface area contributed by atoms with Crippen molar-refractivity contribution in [2.45, 2.75) is 20.5 Å². The van der Waals surface area contributed by atoms with Gasteiger partial charge in [0, 0.05) is 0 Å². The normalized spacial score (nSPS) is 12.6. The smallest absolute Gasteiger partial charge is 0.374 e. The number of fused-ring (bicyclic) bond motifs is 1. The lowest BCUT2D eigenvalue weighted by atomic mass is 10.1. The van der Waals surface area contributed by atoms with Gasteiger partial charge in [-0.1, -0.05) is 18.2 Å². The van der Waals surface area contributed by atoms with E-state index in [1.165, 1.54) is 18.2 Å². The Balaban J connectivity index is 1.51. The predicted molar refractivity (Wildman–Crippen MR) is 113 cm³/mol. The number of rotatable bonds is 6. The molecule has 162 valence electrons. The van der Waals surface area contributed by atoms with E-state index < -0.39 is 23.8 Å². The number of carbonyl (C=O) groups excluding carboxylic acids is 4. The first-order chi connectivity index (χ1) is 15.4. The van der Waals surface area contributed by atoms with Crippen LogP contribution in [0.3, 0.4) is 0 Å². The van der Waals surface area contributed by atoms with Gasteiger partial charge < -0.3 is 13.9 Å². The second-order valence-electron chi connectivity index (χ2n) is 7.06. The number of imide groups is 1. The summed E-state index contributed by atoms with van der Waals surface area (Å²) in [6.07, 6.45) is 0. The van der Waals surface area contributed by atoms with Crippen molar-refractivity contribution in [3.8, 4) is 0 Å². The SMILES string of the molecule is CCOC(=O)c1ccc(COC(=O)c2ccc(C)c(N3C(=O)c4ccccc4C3=O)c2)o1. The van der Waals surface area contributed by atoms with Gasteiger partial charge in [-0.05, 0) is 55.8 Å². The van der Waals surface area contributed by atoms with Crippen LogP contribution in [0.15, 0.2) is 59.0 Å². The number of amides is 2. The molecule has 1 aromatic heterocycles. The van der Waals surface area contributed by atoms with Crippen LogP contribution in [0.5, 0.6) is 0 Å². The highest BCUT2D eigenvalue weighted by Gasteiger charge is 2.37. The Hall–Kier alpha value is -4.20. The molecular formula is C24H19NO7. The van der Waals surface area contributed by atoms with Gasteiger partial charge >= 0.3 is 11.9 Å². The van der Waals surface area contributed by atoms with Crippen LogP contribution in [0.25, 0.3) is 0 Å². The Morgan fingerprint density at radius 1 is 0.906 bits per heavy atom. The lowest BCUT2D eigenvalue weighted by molar-refractivity contribution is 0.0429. The first-order valence-corrected chi connectivity index (χ1v) is 9.92. The zero-order valence-corrected chi connectivity index (χ0v) is 17.4. The van der Waals surface area contributed by atoms with Gasteiger partial charge in [-0.15, -0.1) is 0 Å². The van der Waals surface area contributed by atoms with Gasteiger partial charge in [0.1, 0.15) is 12.4 Å². The molecule has 1 aliphatic rings. The monoisotopic (exact) mass is 433 g/mol. The summed E-state index contributed by atoms with van der Waals surface area (Å²) in [5, 5.41) is 0. The first-order valence-electron chi connectivity index (χ1n) is 9.92. The number of hydrogen-bond acceptors (Lipinski definition) is 7. The molecule has 2 aromatic carbocycles. The molecule has 1 aliphatic heterocycles. The molecule has 32 heavy (non-hydrogen) atoms. The summed E-state index contributed by atoms with van der Waals surface area (Å²) in [6.45, 7) is 3.44. The Morgan fingerprint density at radius 2 is 1.59 bits per heavy atom. The van der Waals surface area contributed by atoms with Gasteiger partial charge in [0.15, 0.2) is 0 Å². The van der Waals surface area contributed by atoms with Gasteiger partial charge in [0.05, 0.1) is 29.0 Å². The van der Waals surface area contributed by atoms with Crippen molar-refractivity contribution in [1.29, 1.82) is 0 Å². The van der Waals surface area contributed by atoms with Crippen molar-refractivity contribution in [3.63, 3.8) is 0 Å². The van der Waals surface area contributed by atoms with E-state index in [1.807, 2.05) is 0 Å². The van der Waals surface area contributed by atoms with Crippen molar-refractivity contribution < 1.29 is 33.1 Å². The molecule has 0 N–H and O–H groups in total. The fraction of sp³-hybridized carbons (Fsp3) is 0.167. The number of anilines is 1. The van der Waals surface area contributed by atoms with Crippen LogP contribution < -0.4 is 4.90 Å². The zero-order valence-electron chi connectivity index (χ0n) is 17.4. The van der Waals surface area contributed by atoms with Gasteiger partial charge in [-0.3, -0.25) is 9.59 Å². The number of carbonyl (C=O) groups is 4. The lowest BCUT2D eigenvalue weighted by Crippen LogP contribution is -2.30. The van der Waals surface area contributed by atoms with Gasteiger partial charge in [-0.2, -0.15) is 0 Å². The fourth-order valence-electron chi connectivity index (χ4n) is 3.37. The van der Waals surface area contributed by atoms with Crippen LogP contribution >= 0.6 is 0 Å². The van der Waals surface area contributed by atoms with Crippen LogP contribution in [0.4, 0.5) is 5.69 Å². The number of furan rings is 1. The quantitative estimate of drug-likeness (QED) is 0.429. The molecule has 0 radical (unpaired) electrons. The highest BCUT2D eigenvalue weighted by molar-refractivity contribution is 6.34. The third kappa shape index (κ3) is 3.78. The number of ether oxygens (including phenoxy) is 2. The molecule has 0 unspecified atom stereocenters. The number of benzene rings is 2. The standard InChI is InChI=1S/C24H19NO7/c1-3-30-24(29)20-11-10-16(32-20)13-31-23(28)15-9-8-14(2)19(12-15)25-21(26)17-6-4-5-7-18(17)22(25)27/h4-12H,3,13H2,1-2H3. The Labute approximate surface area is 183 Å². The summed E-state index contributed by atoms with van der Waals surface area (Å²) < 4.78 is 15.4. The maximum absolute atomic E-state index is 12.8. The molecule has 8 nitrogen and oxygen atoms in total. The van der Waals surface area contributed by atoms with E-state index >= 15 is 0 Å². The average molecular weight is 433 g/mol. The molecule has 0 aliphatic carbocycles. The van der Waals surface area contributed by atoms with Crippen LogP contribution in [0.1, 0.15) is 59.9 Å². The second kappa shape index (κ2) is 8.50. The van der Waals surface area contributed by atoms with Crippen LogP contribution in [-0.4, -0.2) is 30.4 Å². The topological polar surface area (TPSA) is 103 Å². The van der Waals surface area contributed by atoms with Crippen LogP contribution in [-0.2, 0) is 16.1 Å². The highest BCUT2D eigenvalue weighted by Crippen LogP contribution is 2.31. The van der Waals surface area contributed by atoms with Crippen molar-refractivity contribution in [3.05, 3.63) is 88.4 Å². The van der Waals surface area contributed by atoms with Crippen molar-refractivity contribution >= 4 is 29.4 Å². The Bertz CT molecular complexity index is 1210. The summed E-state index contributed by atoms with van der Waals surface area (Å²) in [7, 11) is 0. The first kappa shape index (κ1) is 21.0. The van der Waals surface area contributed by atoms with E-state index in [0.717, 1.165) is 4.90 Å². The Kier molecular flexibility index (Phi) is 5.59. The molecule has 0 atom stereocenters. The Morgan fingerprint density at radius 3 is 2.25 bits per heavy atom. The molecule has 4 rings (SSSR count). The minimum Gasteiger partial charge on any atom is -0.460 e. The second-order valence-corrected chi connectivity index (χ2v) is 7.06. The minimum atomic E-state index is -0.669. The van der Waals surface area contributed by atoms with E-state index in [2.05, 4.69) is 0 Å². The minimum absolute atomic E-state index is 0.0149. The van der Waals surface area contributed by atoms with Gasteiger partial charge in [-0.25, -0.2) is 14.5 Å². The van der Waals surface area contributed by atoms with Gasteiger partial charge in [0.2, 0.25) is 5.76 Å². The summed E-state index contributed by atoms with van der Waals surface area (Å²) in [4.78, 5) is 50.9. The number of nitrogens with zero attached hydrogens (tertiary/aromatic N) is 1. The van der Waals surface area contributed by atoms with Crippen molar-refractivity contribution in [2.75, 3.05) is 11.5 Å². The number of aryl methyl sites for hydroxylation is 1. The predicted octanol–water partition coefficient (Wildman–Crippen LogP) is 3.92. The molecule has 0 saturated heterocycles. The fourth-order valence-corrected chi connectivity index (χ4v) is 3.37. The van der Waals surface area contributed by atoms with Crippen molar-refractivity contribution in [1.82, 2.24) is 0 Å². The molecule has 0 spiro atoms. The van der Waals surface area contributed by atoms with Gasteiger partial charge in [0.25, 0.3) is 11.8 Å². The van der Waals surface area contributed by atoms with Crippen LogP contribution in [0, 0.1) is 6.92 Å². The summed E-state index contributed by atoms with van der Waals surface area (Å²) >= 11 is 0. The number of hydrogen-bond donors (Lipinski definition) is 0. The van der Waals surface area contributed by atoms with E-state index in [1.54, 1.807) is 50.2 Å². The van der Waals surface area contributed by atoms with E-state index in [0.29, 0.717) is 22.4 Å². The molecule has 2 amide bonds. The maximum atomic E-state index is 12.8. The van der Waals surface area contributed by atoms with E-state index in [4.69, 9.17) is 13.9 Å². The van der Waals surface area contributed by atoms with E-state index in [9.17, 15) is 19.2 Å². The molecule has 0 bridgehead atoms. The largest absolute Gasteiger partial charge is 0.460 e. The summed E-state index contributed by atoms with van der Waals surface area (Å²) in [6, 6.07) is 14.2. The van der Waals surface area contributed by atoms with Crippen molar-refractivity contribution in [2.24, 2.45) is 0 Å². The third-order valence-corrected chi connectivity index (χ3v) is 4.96. The highest BCUT2D eigenvalue weighted by atomic mass is 16.6. The molecule has 8 heteroatoms. The maximum Gasteiger partial charge on any atom is 0.374 e. The molecule has 0 saturated carbocycles. The lowest BCUT2D eigenvalue weighted by Gasteiger charge is -2.17. The number of esters is 2. The zero-order chi connectivity index (χ0) is 22.8. The average Bonchev–Trinajstić information content (AvgIpc) is 3.36.